The molecule has 0 spiro atoms. The number of aromatic carboxylic acids is 1. The highest BCUT2D eigenvalue weighted by molar-refractivity contribution is 5.87. The van der Waals surface area contributed by atoms with Gasteiger partial charge in [0.05, 0.1) is 5.56 Å². The molecule has 3 fully saturated rings. The zero-order chi connectivity index (χ0) is 15.0. The summed E-state index contributed by atoms with van der Waals surface area (Å²) in [5.41, 5.74) is 1.38. The molecule has 2 aliphatic heterocycles. The van der Waals surface area contributed by atoms with Crippen molar-refractivity contribution in [3.8, 4) is 0 Å². The summed E-state index contributed by atoms with van der Waals surface area (Å²) in [6, 6.07) is 7.55. The quantitative estimate of drug-likeness (QED) is 0.925. The van der Waals surface area contributed by atoms with Crippen LogP contribution < -0.4 is 0 Å². The summed E-state index contributed by atoms with van der Waals surface area (Å²) in [7, 11) is 0. The minimum Gasteiger partial charge on any atom is -0.478 e. The molecule has 0 amide bonds. The van der Waals surface area contributed by atoms with Crippen LogP contribution in [0.25, 0.3) is 0 Å². The second-order valence-electron chi connectivity index (χ2n) is 6.12. The summed E-state index contributed by atoms with van der Waals surface area (Å²) < 4.78 is 0. The first-order chi connectivity index (χ1) is 10.1. The molecular formula is C17H21NO3. The van der Waals surface area contributed by atoms with Crippen LogP contribution in [0.5, 0.6) is 0 Å². The van der Waals surface area contributed by atoms with E-state index in [0.29, 0.717) is 23.8 Å². The topological polar surface area (TPSA) is 57.6 Å². The lowest BCUT2D eigenvalue weighted by Crippen LogP contribution is -2.54. The van der Waals surface area contributed by atoms with E-state index in [1.54, 1.807) is 12.1 Å². The second-order valence-corrected chi connectivity index (χ2v) is 6.12. The lowest BCUT2D eigenvalue weighted by atomic mass is 9.71. The maximum atomic E-state index is 12.2. The number of nitrogens with zero attached hydrogens (tertiary/aromatic N) is 1. The van der Waals surface area contributed by atoms with Gasteiger partial charge in [-0.2, -0.15) is 0 Å². The van der Waals surface area contributed by atoms with Crippen LogP contribution in [0.3, 0.4) is 0 Å². The van der Waals surface area contributed by atoms with E-state index in [0.717, 1.165) is 31.4 Å². The van der Waals surface area contributed by atoms with Crippen molar-refractivity contribution in [3.05, 3.63) is 35.4 Å². The van der Waals surface area contributed by atoms with Gasteiger partial charge in [0, 0.05) is 24.4 Å². The van der Waals surface area contributed by atoms with E-state index in [1.807, 2.05) is 12.1 Å². The van der Waals surface area contributed by atoms with Crippen LogP contribution >= 0.6 is 0 Å². The van der Waals surface area contributed by atoms with Crippen molar-refractivity contribution >= 4 is 11.8 Å². The smallest absolute Gasteiger partial charge is 0.335 e. The van der Waals surface area contributed by atoms with Gasteiger partial charge in [-0.1, -0.05) is 19.1 Å². The van der Waals surface area contributed by atoms with Gasteiger partial charge in [-0.3, -0.25) is 9.69 Å². The van der Waals surface area contributed by atoms with Gasteiger partial charge < -0.3 is 5.11 Å². The van der Waals surface area contributed by atoms with Crippen LogP contribution in [0.4, 0.5) is 0 Å². The first kappa shape index (κ1) is 14.3. The minimum absolute atomic E-state index is 0.0808. The van der Waals surface area contributed by atoms with Gasteiger partial charge in [0.15, 0.2) is 0 Å². The number of hydrogen-bond donors (Lipinski definition) is 1. The zero-order valence-corrected chi connectivity index (χ0v) is 12.3. The predicted octanol–water partition coefficient (Wildman–Crippen LogP) is 2.89. The molecule has 4 heteroatoms. The fraction of sp³-hybridized carbons (Fsp3) is 0.529. The third-order valence-electron chi connectivity index (χ3n) is 4.85. The predicted molar refractivity (Wildman–Crippen MR) is 79.3 cm³/mol. The van der Waals surface area contributed by atoms with Crippen LogP contribution in [0, 0.1) is 5.92 Å². The number of benzene rings is 1. The lowest BCUT2D eigenvalue weighted by molar-refractivity contribution is -0.138. The average molecular weight is 287 g/mol. The minimum atomic E-state index is -0.909. The first-order valence-electron chi connectivity index (χ1n) is 7.73. The number of fused-ring (bicyclic) bond motifs is 3. The molecule has 2 heterocycles. The number of carboxylic acid groups (broad SMARTS) is 1. The third kappa shape index (κ3) is 2.48. The summed E-state index contributed by atoms with van der Waals surface area (Å²) in [6.45, 7) is 3.16. The highest BCUT2D eigenvalue weighted by Gasteiger charge is 2.46. The van der Waals surface area contributed by atoms with Gasteiger partial charge in [-0.25, -0.2) is 4.79 Å². The second kappa shape index (κ2) is 5.60. The maximum absolute atomic E-state index is 12.2. The van der Waals surface area contributed by atoms with Crippen molar-refractivity contribution < 1.29 is 14.7 Å². The maximum Gasteiger partial charge on any atom is 0.335 e. The lowest BCUT2D eigenvalue weighted by Gasteiger charge is -2.50. The van der Waals surface area contributed by atoms with E-state index >= 15 is 0 Å². The van der Waals surface area contributed by atoms with E-state index in [2.05, 4.69) is 11.8 Å². The molecule has 2 bridgehead atoms. The summed E-state index contributed by atoms with van der Waals surface area (Å²) >= 11 is 0. The molecule has 1 aliphatic carbocycles. The molecule has 4 rings (SSSR count). The molecule has 4 nitrogen and oxygen atoms in total. The monoisotopic (exact) mass is 287 g/mol. The number of Topliss-reactive ketones (excluding diaryl/α,β-unsaturated/α-hetero) is 1. The Morgan fingerprint density at radius 2 is 2.00 bits per heavy atom. The average Bonchev–Trinajstić information content (AvgIpc) is 2.49. The fourth-order valence-corrected chi connectivity index (χ4v) is 3.92. The molecule has 3 aliphatic rings. The summed E-state index contributed by atoms with van der Waals surface area (Å²) in [4.78, 5) is 25.7. The van der Waals surface area contributed by atoms with E-state index in [-0.39, 0.29) is 12.0 Å². The molecule has 0 aromatic heterocycles. The Kier molecular flexibility index (Phi) is 3.81. The Morgan fingerprint density at radius 1 is 1.29 bits per heavy atom. The van der Waals surface area contributed by atoms with E-state index < -0.39 is 5.97 Å². The van der Waals surface area contributed by atoms with Crippen LogP contribution in [0.2, 0.25) is 0 Å². The molecule has 3 atom stereocenters. The summed E-state index contributed by atoms with van der Waals surface area (Å²) in [5.74, 6) is -0.448. The number of ketones is 1. The molecule has 1 N–H and O–H groups in total. The van der Waals surface area contributed by atoms with Crippen LogP contribution in [0.15, 0.2) is 24.3 Å². The number of hydrogen-bond acceptors (Lipinski definition) is 3. The van der Waals surface area contributed by atoms with Gasteiger partial charge in [0.25, 0.3) is 0 Å². The molecule has 2 saturated heterocycles. The molecule has 1 saturated carbocycles. The fourth-order valence-electron chi connectivity index (χ4n) is 3.92. The van der Waals surface area contributed by atoms with E-state index in [1.165, 1.54) is 0 Å². The Balaban J connectivity index is 1.93. The zero-order valence-electron chi connectivity index (χ0n) is 12.3. The first-order valence-corrected chi connectivity index (χ1v) is 7.73. The van der Waals surface area contributed by atoms with Gasteiger partial charge >= 0.3 is 5.97 Å². The van der Waals surface area contributed by atoms with Crippen molar-refractivity contribution in [1.29, 1.82) is 0 Å². The molecule has 21 heavy (non-hydrogen) atoms. The number of carboxylic acids is 1. The Hall–Kier alpha value is -1.68. The summed E-state index contributed by atoms with van der Waals surface area (Å²) in [5, 5.41) is 9.01. The van der Waals surface area contributed by atoms with Gasteiger partial charge in [-0.05, 0) is 43.5 Å². The van der Waals surface area contributed by atoms with Crippen molar-refractivity contribution in [2.24, 2.45) is 5.92 Å². The van der Waals surface area contributed by atoms with E-state index in [4.69, 9.17) is 5.11 Å². The number of piperidine rings is 2. The van der Waals surface area contributed by atoms with Crippen molar-refractivity contribution in [3.63, 3.8) is 0 Å². The number of rotatable bonds is 4. The third-order valence-corrected chi connectivity index (χ3v) is 4.85. The molecule has 3 unspecified atom stereocenters. The highest BCUT2D eigenvalue weighted by Crippen LogP contribution is 2.45. The van der Waals surface area contributed by atoms with Crippen molar-refractivity contribution in [1.82, 2.24) is 4.90 Å². The highest BCUT2D eigenvalue weighted by atomic mass is 16.4. The van der Waals surface area contributed by atoms with Gasteiger partial charge in [0.2, 0.25) is 0 Å². The van der Waals surface area contributed by atoms with Crippen LogP contribution in [-0.4, -0.2) is 34.3 Å². The van der Waals surface area contributed by atoms with Crippen molar-refractivity contribution in [2.75, 3.05) is 6.54 Å². The molecule has 1 aromatic carbocycles. The normalized spacial score (nSPS) is 28.8. The number of carbonyl (C=O) groups is 2. The number of carbonyl (C=O) groups excluding carboxylic acids is 1. The van der Waals surface area contributed by atoms with Gasteiger partial charge in [0.1, 0.15) is 5.78 Å². The summed E-state index contributed by atoms with van der Waals surface area (Å²) in [6.07, 6.45) is 3.84. The molecule has 0 radical (unpaired) electrons. The van der Waals surface area contributed by atoms with E-state index in [9.17, 15) is 9.59 Å². The van der Waals surface area contributed by atoms with Gasteiger partial charge in [-0.15, -0.1) is 0 Å². The van der Waals surface area contributed by atoms with Crippen LogP contribution in [-0.2, 0) is 4.79 Å². The Labute approximate surface area is 124 Å². The molecule has 112 valence electrons. The Bertz CT molecular complexity index is 552. The largest absolute Gasteiger partial charge is 0.478 e. The molecule has 1 aromatic rings. The van der Waals surface area contributed by atoms with Crippen molar-refractivity contribution in [2.45, 2.75) is 44.7 Å². The SMILES string of the molecule is CCCN1C2CCC(C(=O)C2)C1c1ccc(C(=O)O)cc1. The Morgan fingerprint density at radius 3 is 2.57 bits per heavy atom. The molecular weight excluding hydrogens is 266 g/mol. The standard InChI is InChI=1S/C17H21NO3/c1-2-9-18-13-7-8-14(15(19)10-13)16(18)11-3-5-12(6-4-11)17(20)21/h3-6,13-14,16H,2,7-10H2,1H3,(H,20,21). The van der Waals surface area contributed by atoms with Crippen LogP contribution in [0.1, 0.15) is 54.6 Å².